The number of hydrogen-bond donors (Lipinski definition) is 4. The van der Waals surface area contributed by atoms with Crippen molar-refractivity contribution in [2.24, 2.45) is 0 Å². The Hall–Kier alpha value is -1.17. The highest BCUT2D eigenvalue weighted by molar-refractivity contribution is 5.76. The smallest absolute Gasteiger partial charge is 0.222 e. The molecule has 4 N–H and O–H groups in total. The molecule has 0 bridgehead atoms. The molecule has 3 atom stereocenters. The summed E-state index contributed by atoms with van der Waals surface area (Å²) in [5.74, 6) is -0.323. The van der Waals surface area contributed by atoms with Crippen LogP contribution in [0, 0.1) is 0 Å². The molecule has 0 rings (SSSR count). The third-order valence-corrected chi connectivity index (χ3v) is 10.2. The van der Waals surface area contributed by atoms with Crippen LogP contribution in [0.5, 0.6) is 0 Å². The number of aliphatic hydroxyl groups is 3. The van der Waals surface area contributed by atoms with E-state index >= 15 is 0 Å². The Morgan fingerprint density at radius 3 is 1.28 bits per heavy atom. The van der Waals surface area contributed by atoms with Crippen LogP contribution in [-0.4, -0.2) is 46.1 Å². The molecule has 5 heteroatoms. The third-order valence-electron chi connectivity index (χ3n) is 10.2. The molecule has 0 radical (unpaired) electrons. The van der Waals surface area contributed by atoms with E-state index in [4.69, 9.17) is 0 Å². The number of aliphatic hydroxyl groups excluding tert-OH is 3. The van der Waals surface area contributed by atoms with E-state index in [1.807, 2.05) is 6.08 Å². The van der Waals surface area contributed by atoms with Crippen LogP contribution in [0.2, 0.25) is 0 Å². The van der Waals surface area contributed by atoms with Crippen molar-refractivity contribution in [2.45, 2.75) is 250 Å². The molecule has 0 aromatic heterocycles. The van der Waals surface area contributed by atoms with Crippen LogP contribution in [0.25, 0.3) is 0 Å². The Balaban J connectivity index is 3.69. The van der Waals surface area contributed by atoms with E-state index in [1.165, 1.54) is 173 Å². The molecule has 0 aromatic rings. The van der Waals surface area contributed by atoms with Gasteiger partial charge in [0, 0.05) is 0 Å². The number of rotatable bonds is 40. The van der Waals surface area contributed by atoms with Crippen LogP contribution < -0.4 is 5.32 Å². The highest BCUT2D eigenvalue weighted by atomic mass is 16.3. The van der Waals surface area contributed by atoms with E-state index in [0.717, 1.165) is 32.1 Å². The van der Waals surface area contributed by atoms with Gasteiger partial charge in [0.25, 0.3) is 0 Å². The molecular weight excluding hydrogens is 618 g/mol. The average molecular weight is 706 g/mol. The van der Waals surface area contributed by atoms with Crippen LogP contribution in [-0.2, 0) is 4.79 Å². The minimum Gasteiger partial charge on any atom is -0.394 e. The monoisotopic (exact) mass is 706 g/mol. The zero-order chi connectivity index (χ0) is 36.6. The summed E-state index contributed by atoms with van der Waals surface area (Å²) in [7, 11) is 0. The van der Waals surface area contributed by atoms with Crippen molar-refractivity contribution in [2.75, 3.05) is 6.61 Å². The van der Waals surface area contributed by atoms with E-state index in [9.17, 15) is 20.1 Å². The lowest BCUT2D eigenvalue weighted by Gasteiger charge is -2.21. The Kier molecular flexibility index (Phi) is 39.6. The van der Waals surface area contributed by atoms with E-state index in [1.54, 1.807) is 6.08 Å². The zero-order valence-corrected chi connectivity index (χ0v) is 33.5. The van der Waals surface area contributed by atoms with Crippen LogP contribution >= 0.6 is 0 Å². The summed E-state index contributed by atoms with van der Waals surface area (Å²) in [6.07, 6.45) is 48.9. The van der Waals surface area contributed by atoms with Crippen molar-refractivity contribution in [3.8, 4) is 0 Å². The lowest BCUT2D eigenvalue weighted by atomic mass is 10.0. The number of hydrogen-bond acceptors (Lipinski definition) is 4. The first-order chi connectivity index (χ1) is 24.5. The molecule has 0 spiro atoms. The maximum absolute atomic E-state index is 12.4. The quantitative estimate of drug-likeness (QED) is 0.0377. The summed E-state index contributed by atoms with van der Waals surface area (Å²) in [5, 5.41) is 33.2. The minimum atomic E-state index is -0.948. The molecule has 0 saturated heterocycles. The summed E-state index contributed by atoms with van der Waals surface area (Å²) in [6, 6.07) is -0.757. The molecule has 296 valence electrons. The Bertz CT molecular complexity index is 739. The highest BCUT2D eigenvalue weighted by Gasteiger charge is 2.20. The second kappa shape index (κ2) is 40.6. The summed E-state index contributed by atoms with van der Waals surface area (Å²) >= 11 is 0. The molecule has 0 aliphatic carbocycles. The van der Waals surface area contributed by atoms with Crippen molar-refractivity contribution in [1.82, 2.24) is 5.32 Å². The van der Waals surface area contributed by atoms with Crippen LogP contribution in [0.1, 0.15) is 232 Å². The summed E-state index contributed by atoms with van der Waals surface area (Å²) in [5.41, 5.74) is 0. The molecule has 3 unspecified atom stereocenters. The summed E-state index contributed by atoms with van der Waals surface area (Å²) < 4.78 is 0. The molecule has 0 fully saturated rings. The van der Waals surface area contributed by atoms with Crippen molar-refractivity contribution >= 4 is 5.91 Å². The predicted molar refractivity (Wildman–Crippen MR) is 218 cm³/mol. The molecule has 0 heterocycles. The molecule has 0 aliphatic rings. The van der Waals surface area contributed by atoms with Gasteiger partial charge >= 0.3 is 0 Å². The normalized spacial score (nSPS) is 13.8. The lowest BCUT2D eigenvalue weighted by molar-refractivity contribution is -0.124. The lowest BCUT2D eigenvalue weighted by Crippen LogP contribution is -2.45. The zero-order valence-electron chi connectivity index (χ0n) is 33.5. The molecular formula is C45H87NO4. The molecule has 0 saturated carbocycles. The van der Waals surface area contributed by atoms with Gasteiger partial charge in [0.1, 0.15) is 0 Å². The SMILES string of the molecule is CCCCCCCCCCCCCCC/C=C/CC/C=C/C(O)C(CO)NC(=O)CC(O)CCCCCCCCCCCCCCCCCC. The fraction of sp³-hybridized carbons (Fsp3) is 0.889. The predicted octanol–water partition coefficient (Wildman–Crippen LogP) is 12.6. The fourth-order valence-corrected chi connectivity index (χ4v) is 6.83. The number of amides is 1. The van der Waals surface area contributed by atoms with Crippen LogP contribution in [0.3, 0.4) is 0 Å². The number of nitrogens with one attached hydrogen (secondary N) is 1. The van der Waals surface area contributed by atoms with Gasteiger partial charge in [-0.05, 0) is 32.1 Å². The number of unbranched alkanes of at least 4 members (excludes halogenated alkanes) is 29. The summed E-state index contributed by atoms with van der Waals surface area (Å²) in [4.78, 5) is 12.4. The standard InChI is InChI=1S/C45H87NO4/c1-3-5-7-9-11-13-15-17-19-21-22-23-25-27-29-31-33-35-37-39-44(49)43(41-47)46-45(50)40-42(48)38-36-34-32-30-28-26-24-20-18-16-14-12-10-8-6-4-2/h29,31,37,39,42-44,47-49H,3-28,30,32-36,38,40-41H2,1-2H3,(H,46,50)/b31-29+,39-37+. The van der Waals surface area contributed by atoms with Gasteiger partial charge in [-0.15, -0.1) is 0 Å². The topological polar surface area (TPSA) is 89.8 Å². The minimum absolute atomic E-state index is 0.00965. The second-order valence-electron chi connectivity index (χ2n) is 15.3. The van der Waals surface area contributed by atoms with Gasteiger partial charge in [0.15, 0.2) is 0 Å². The molecule has 1 amide bonds. The average Bonchev–Trinajstić information content (AvgIpc) is 3.11. The molecule has 0 aliphatic heterocycles. The maximum Gasteiger partial charge on any atom is 0.222 e. The van der Waals surface area contributed by atoms with Gasteiger partial charge in [0.2, 0.25) is 5.91 Å². The van der Waals surface area contributed by atoms with Gasteiger partial charge < -0.3 is 20.6 Å². The van der Waals surface area contributed by atoms with E-state index in [-0.39, 0.29) is 18.9 Å². The third kappa shape index (κ3) is 36.6. The number of allylic oxidation sites excluding steroid dienone is 3. The van der Waals surface area contributed by atoms with Crippen molar-refractivity contribution in [3.63, 3.8) is 0 Å². The molecule has 0 aromatic carbocycles. The highest BCUT2D eigenvalue weighted by Crippen LogP contribution is 2.16. The van der Waals surface area contributed by atoms with Gasteiger partial charge in [-0.2, -0.15) is 0 Å². The van der Waals surface area contributed by atoms with Crippen LogP contribution in [0.4, 0.5) is 0 Å². The van der Waals surface area contributed by atoms with Crippen LogP contribution in [0.15, 0.2) is 24.3 Å². The Morgan fingerprint density at radius 2 is 0.860 bits per heavy atom. The molecule has 5 nitrogen and oxygen atoms in total. The van der Waals surface area contributed by atoms with Gasteiger partial charge in [-0.25, -0.2) is 0 Å². The van der Waals surface area contributed by atoms with Crippen molar-refractivity contribution in [1.29, 1.82) is 0 Å². The van der Waals surface area contributed by atoms with Crippen molar-refractivity contribution < 1.29 is 20.1 Å². The van der Waals surface area contributed by atoms with Gasteiger partial charge in [-0.1, -0.05) is 218 Å². The number of carbonyl (C=O) groups excluding carboxylic acids is 1. The van der Waals surface area contributed by atoms with E-state index in [0.29, 0.717) is 6.42 Å². The van der Waals surface area contributed by atoms with E-state index < -0.39 is 18.2 Å². The Morgan fingerprint density at radius 1 is 0.500 bits per heavy atom. The Labute approximate surface area is 312 Å². The second-order valence-corrected chi connectivity index (χ2v) is 15.3. The first-order valence-corrected chi connectivity index (χ1v) is 22.1. The fourth-order valence-electron chi connectivity index (χ4n) is 6.83. The van der Waals surface area contributed by atoms with E-state index in [2.05, 4.69) is 31.3 Å². The van der Waals surface area contributed by atoms with Crippen molar-refractivity contribution in [3.05, 3.63) is 24.3 Å². The summed E-state index contributed by atoms with van der Waals surface area (Å²) in [6.45, 7) is 4.21. The van der Waals surface area contributed by atoms with Gasteiger partial charge in [0.05, 0.1) is 31.3 Å². The number of carbonyl (C=O) groups is 1. The first kappa shape index (κ1) is 48.8. The molecule has 50 heavy (non-hydrogen) atoms. The first-order valence-electron chi connectivity index (χ1n) is 22.1. The largest absolute Gasteiger partial charge is 0.394 e. The maximum atomic E-state index is 12.4. The van der Waals surface area contributed by atoms with Gasteiger partial charge in [-0.3, -0.25) is 4.79 Å².